The summed E-state index contributed by atoms with van der Waals surface area (Å²) < 4.78 is 10.2. The highest BCUT2D eigenvalue weighted by atomic mass is 35.5. The maximum Gasteiger partial charge on any atom is 0.311 e. The van der Waals surface area contributed by atoms with Gasteiger partial charge in [0.25, 0.3) is 0 Å². The van der Waals surface area contributed by atoms with Crippen LogP contribution in [0.15, 0.2) is 24.3 Å². The predicted octanol–water partition coefficient (Wildman–Crippen LogP) is 2.34. The number of amides is 1. The van der Waals surface area contributed by atoms with Crippen molar-refractivity contribution in [1.29, 1.82) is 0 Å². The van der Waals surface area contributed by atoms with Crippen molar-refractivity contribution in [3.05, 3.63) is 34.9 Å². The Kier molecular flexibility index (Phi) is 6.40. The average Bonchev–Trinajstić information content (AvgIpc) is 2.94. The first-order valence-electron chi connectivity index (χ1n) is 9.35. The Morgan fingerprint density at radius 1 is 1.26 bits per heavy atom. The van der Waals surface area contributed by atoms with Crippen molar-refractivity contribution >= 4 is 23.5 Å². The van der Waals surface area contributed by atoms with Crippen LogP contribution in [0, 0.1) is 5.92 Å². The van der Waals surface area contributed by atoms with Crippen LogP contribution in [0.25, 0.3) is 0 Å². The summed E-state index contributed by atoms with van der Waals surface area (Å²) in [5.74, 6) is -0.681. The lowest BCUT2D eigenvalue weighted by atomic mass is 9.76. The minimum absolute atomic E-state index is 0.0157. The van der Waals surface area contributed by atoms with Gasteiger partial charge >= 0.3 is 5.97 Å². The number of hydrogen-bond acceptors (Lipinski definition) is 5. The molecule has 7 heteroatoms. The van der Waals surface area contributed by atoms with E-state index in [1.165, 1.54) is 7.11 Å². The first-order valence-corrected chi connectivity index (χ1v) is 9.72. The standard InChI is InChI=1S/C20H27ClN2O4/c1-26-12-11-23-18(24)13-16(19(25)27-2)20(23)7-9-22(10-8-20)14-15-5-3-4-6-17(15)21/h3-6,16H,7-14H2,1-2H3. The van der Waals surface area contributed by atoms with Crippen LogP contribution in [0.3, 0.4) is 0 Å². The summed E-state index contributed by atoms with van der Waals surface area (Å²) in [5, 5.41) is 0.767. The Morgan fingerprint density at radius 3 is 2.59 bits per heavy atom. The van der Waals surface area contributed by atoms with Crippen LogP contribution in [0.5, 0.6) is 0 Å². The van der Waals surface area contributed by atoms with Gasteiger partial charge in [-0.15, -0.1) is 0 Å². The molecular weight excluding hydrogens is 368 g/mol. The van der Waals surface area contributed by atoms with E-state index < -0.39 is 11.5 Å². The molecule has 2 fully saturated rings. The van der Waals surface area contributed by atoms with E-state index in [4.69, 9.17) is 21.1 Å². The third-order valence-electron chi connectivity index (χ3n) is 5.94. The Hall–Kier alpha value is -1.63. The van der Waals surface area contributed by atoms with Crippen LogP contribution >= 0.6 is 11.6 Å². The Morgan fingerprint density at radius 2 is 1.96 bits per heavy atom. The third kappa shape index (κ3) is 3.98. The number of rotatable bonds is 6. The number of carbonyl (C=O) groups excluding carboxylic acids is 2. The Labute approximate surface area is 165 Å². The summed E-state index contributed by atoms with van der Waals surface area (Å²) in [6, 6.07) is 7.85. The van der Waals surface area contributed by atoms with E-state index in [1.807, 2.05) is 29.2 Å². The molecule has 2 aliphatic rings. The number of benzene rings is 1. The molecule has 1 spiro atoms. The van der Waals surface area contributed by atoms with Crippen LogP contribution in [-0.4, -0.2) is 67.7 Å². The van der Waals surface area contributed by atoms with Gasteiger partial charge in [-0.05, 0) is 24.5 Å². The second kappa shape index (κ2) is 8.59. The van der Waals surface area contributed by atoms with Gasteiger partial charge in [-0.3, -0.25) is 14.5 Å². The van der Waals surface area contributed by atoms with E-state index in [0.717, 1.165) is 43.1 Å². The molecule has 1 unspecified atom stereocenters. The average molecular weight is 395 g/mol. The molecule has 6 nitrogen and oxygen atoms in total. The molecule has 2 heterocycles. The van der Waals surface area contributed by atoms with Crippen molar-refractivity contribution in [2.24, 2.45) is 5.92 Å². The highest BCUT2D eigenvalue weighted by Gasteiger charge is 2.56. The van der Waals surface area contributed by atoms with Crippen LogP contribution < -0.4 is 0 Å². The lowest BCUT2D eigenvalue weighted by Crippen LogP contribution is -2.58. The molecule has 0 bridgehead atoms. The maximum absolute atomic E-state index is 12.6. The van der Waals surface area contributed by atoms with Gasteiger partial charge in [-0.1, -0.05) is 29.8 Å². The molecule has 0 aliphatic carbocycles. The van der Waals surface area contributed by atoms with Gasteiger partial charge in [-0.25, -0.2) is 0 Å². The predicted molar refractivity (Wildman–Crippen MR) is 102 cm³/mol. The molecule has 2 aliphatic heterocycles. The lowest BCUT2D eigenvalue weighted by Gasteiger charge is -2.47. The summed E-state index contributed by atoms with van der Waals surface area (Å²) in [4.78, 5) is 29.2. The minimum Gasteiger partial charge on any atom is -0.469 e. The number of ether oxygens (including phenoxy) is 2. The lowest BCUT2D eigenvalue weighted by molar-refractivity contribution is -0.150. The fourth-order valence-corrected chi connectivity index (χ4v) is 4.67. The number of piperidine rings is 1. The monoisotopic (exact) mass is 394 g/mol. The molecule has 0 radical (unpaired) electrons. The molecule has 2 saturated heterocycles. The molecule has 0 saturated carbocycles. The van der Waals surface area contributed by atoms with Gasteiger partial charge in [0.05, 0.1) is 25.2 Å². The van der Waals surface area contributed by atoms with Gasteiger partial charge in [0.1, 0.15) is 0 Å². The third-order valence-corrected chi connectivity index (χ3v) is 6.31. The number of halogens is 1. The molecule has 1 aromatic carbocycles. The number of hydrogen-bond donors (Lipinski definition) is 0. The second-order valence-corrected chi connectivity index (χ2v) is 7.70. The molecule has 0 N–H and O–H groups in total. The van der Waals surface area contributed by atoms with Gasteiger partial charge in [0.15, 0.2) is 0 Å². The Balaban J connectivity index is 1.75. The van der Waals surface area contributed by atoms with E-state index >= 15 is 0 Å². The number of esters is 1. The molecule has 27 heavy (non-hydrogen) atoms. The fourth-order valence-electron chi connectivity index (χ4n) is 4.47. The van der Waals surface area contributed by atoms with Crippen molar-refractivity contribution < 1.29 is 19.1 Å². The summed E-state index contributed by atoms with van der Waals surface area (Å²) >= 11 is 6.29. The van der Waals surface area contributed by atoms with Gasteiger partial charge in [0, 0.05) is 44.7 Å². The SMILES string of the molecule is COCCN1C(=O)CC(C(=O)OC)C12CCN(Cc1ccccc1Cl)CC2. The summed E-state index contributed by atoms with van der Waals surface area (Å²) in [7, 11) is 3.02. The number of carbonyl (C=O) groups is 2. The van der Waals surface area contributed by atoms with Crippen molar-refractivity contribution in [3.8, 4) is 0 Å². The van der Waals surface area contributed by atoms with Gasteiger partial charge < -0.3 is 14.4 Å². The molecule has 1 aromatic rings. The first kappa shape index (κ1) is 20.1. The highest BCUT2D eigenvalue weighted by molar-refractivity contribution is 6.31. The van der Waals surface area contributed by atoms with Crippen LogP contribution in [-0.2, 0) is 25.6 Å². The summed E-state index contributed by atoms with van der Waals surface area (Å²) in [5.41, 5.74) is 0.623. The zero-order valence-corrected chi connectivity index (χ0v) is 16.7. The molecule has 148 valence electrons. The molecule has 0 aromatic heterocycles. The van der Waals surface area contributed by atoms with Crippen LogP contribution in [0.4, 0.5) is 0 Å². The van der Waals surface area contributed by atoms with Crippen molar-refractivity contribution in [2.75, 3.05) is 40.5 Å². The van der Waals surface area contributed by atoms with Crippen LogP contribution in [0.2, 0.25) is 5.02 Å². The van der Waals surface area contributed by atoms with E-state index in [1.54, 1.807) is 7.11 Å². The highest BCUT2D eigenvalue weighted by Crippen LogP contribution is 2.44. The smallest absolute Gasteiger partial charge is 0.311 e. The Bertz CT molecular complexity index is 688. The second-order valence-electron chi connectivity index (χ2n) is 7.29. The van der Waals surface area contributed by atoms with Gasteiger partial charge in [0.2, 0.25) is 5.91 Å². The molecule has 3 rings (SSSR count). The largest absolute Gasteiger partial charge is 0.469 e. The summed E-state index contributed by atoms with van der Waals surface area (Å²) in [6.45, 7) is 3.34. The topological polar surface area (TPSA) is 59.1 Å². The van der Waals surface area contributed by atoms with Crippen molar-refractivity contribution in [1.82, 2.24) is 9.80 Å². The van der Waals surface area contributed by atoms with E-state index in [0.29, 0.717) is 13.2 Å². The van der Waals surface area contributed by atoms with Crippen molar-refractivity contribution in [3.63, 3.8) is 0 Å². The molecule has 1 atom stereocenters. The van der Waals surface area contributed by atoms with Crippen molar-refractivity contribution in [2.45, 2.75) is 31.3 Å². The van der Waals surface area contributed by atoms with Gasteiger partial charge in [-0.2, -0.15) is 0 Å². The number of methoxy groups -OCH3 is 2. The van der Waals surface area contributed by atoms with E-state index in [2.05, 4.69) is 4.90 Å². The normalized spacial score (nSPS) is 22.4. The maximum atomic E-state index is 12.6. The molecule has 1 amide bonds. The number of nitrogens with zero attached hydrogens (tertiary/aromatic N) is 2. The zero-order valence-electron chi connectivity index (χ0n) is 15.9. The zero-order chi connectivity index (χ0) is 19.4. The van der Waals surface area contributed by atoms with E-state index in [-0.39, 0.29) is 18.3 Å². The molecular formula is C20H27ClN2O4. The fraction of sp³-hybridized carbons (Fsp3) is 0.600. The van der Waals surface area contributed by atoms with Crippen LogP contribution in [0.1, 0.15) is 24.8 Å². The van der Waals surface area contributed by atoms with E-state index in [9.17, 15) is 9.59 Å². The first-order chi connectivity index (χ1) is 13.0. The number of likely N-dealkylation sites (tertiary alicyclic amines) is 2. The summed E-state index contributed by atoms with van der Waals surface area (Å²) in [6.07, 6.45) is 1.71. The minimum atomic E-state index is -0.473. The quantitative estimate of drug-likeness (QED) is 0.693.